The van der Waals surface area contributed by atoms with Gasteiger partial charge in [-0.2, -0.15) is 0 Å². The van der Waals surface area contributed by atoms with Gasteiger partial charge in [-0.1, -0.05) is 41.4 Å². The number of piperidine rings is 1. The van der Waals surface area contributed by atoms with Gasteiger partial charge in [0.05, 0.1) is 10.0 Å². The van der Waals surface area contributed by atoms with Crippen molar-refractivity contribution in [2.45, 2.75) is 25.8 Å². The summed E-state index contributed by atoms with van der Waals surface area (Å²) in [5, 5.41) is 3.75. The lowest BCUT2D eigenvalue weighted by molar-refractivity contribution is -0.116. The molecule has 3 rings (SSSR count). The van der Waals surface area contributed by atoms with Crippen LogP contribution in [-0.4, -0.2) is 24.0 Å². The minimum Gasteiger partial charge on any atom is -0.357 e. The number of halogens is 2. The van der Waals surface area contributed by atoms with E-state index in [1.807, 2.05) is 18.3 Å². The van der Waals surface area contributed by atoms with Crippen molar-refractivity contribution < 1.29 is 4.79 Å². The third kappa shape index (κ3) is 4.99. The average Bonchev–Trinajstić information content (AvgIpc) is 2.68. The van der Waals surface area contributed by atoms with E-state index in [-0.39, 0.29) is 5.91 Å². The zero-order valence-corrected chi connectivity index (χ0v) is 15.9. The standard InChI is InChI=1S/C20H21Cl2N3O/c21-17-6-4-5-16(20(17)22)8-10-19(26)24-14-15-7-9-18(23-13-15)25-11-2-1-3-12-25/h4-10,13H,1-3,11-12,14H2,(H,24,26). The van der Waals surface area contributed by atoms with Crippen LogP contribution in [0.5, 0.6) is 0 Å². The Morgan fingerprint density at radius 1 is 1.15 bits per heavy atom. The molecular weight excluding hydrogens is 369 g/mol. The average molecular weight is 390 g/mol. The molecule has 2 heterocycles. The summed E-state index contributed by atoms with van der Waals surface area (Å²) in [6.45, 7) is 2.57. The second-order valence-electron chi connectivity index (χ2n) is 6.27. The van der Waals surface area contributed by atoms with Crippen LogP contribution in [0.25, 0.3) is 6.08 Å². The predicted octanol–water partition coefficient (Wildman–Crippen LogP) is 4.71. The zero-order chi connectivity index (χ0) is 18.4. The number of rotatable bonds is 5. The maximum absolute atomic E-state index is 12.0. The first kappa shape index (κ1) is 18.7. The van der Waals surface area contributed by atoms with Gasteiger partial charge in [0.25, 0.3) is 0 Å². The van der Waals surface area contributed by atoms with Gasteiger partial charge in [-0.3, -0.25) is 4.79 Å². The van der Waals surface area contributed by atoms with Crippen LogP contribution in [0.15, 0.2) is 42.6 Å². The molecule has 0 bridgehead atoms. The van der Waals surface area contributed by atoms with Crippen molar-refractivity contribution in [3.8, 4) is 0 Å². The second kappa shape index (κ2) is 9.06. The Hall–Kier alpha value is -2.04. The molecule has 1 aliphatic rings. The first-order valence-electron chi connectivity index (χ1n) is 8.73. The number of hydrogen-bond donors (Lipinski definition) is 1. The first-order chi connectivity index (χ1) is 12.6. The second-order valence-corrected chi connectivity index (χ2v) is 7.05. The molecule has 1 amide bonds. The molecule has 0 spiro atoms. The van der Waals surface area contributed by atoms with Crippen LogP contribution in [0.4, 0.5) is 5.82 Å². The molecule has 2 aromatic rings. The number of anilines is 1. The summed E-state index contributed by atoms with van der Waals surface area (Å²) in [6.07, 6.45) is 8.68. The van der Waals surface area contributed by atoms with E-state index in [1.54, 1.807) is 24.3 Å². The fourth-order valence-electron chi connectivity index (χ4n) is 2.89. The summed E-state index contributed by atoms with van der Waals surface area (Å²) in [6, 6.07) is 9.34. The third-order valence-electron chi connectivity index (χ3n) is 4.35. The highest BCUT2D eigenvalue weighted by Gasteiger charge is 2.11. The van der Waals surface area contributed by atoms with Crippen molar-refractivity contribution in [3.63, 3.8) is 0 Å². The lowest BCUT2D eigenvalue weighted by Crippen LogP contribution is -2.30. The van der Waals surface area contributed by atoms with Gasteiger partial charge in [0, 0.05) is 31.9 Å². The van der Waals surface area contributed by atoms with Gasteiger partial charge in [0.15, 0.2) is 0 Å². The number of amides is 1. The van der Waals surface area contributed by atoms with E-state index < -0.39 is 0 Å². The van der Waals surface area contributed by atoms with Gasteiger partial charge in [-0.15, -0.1) is 0 Å². The highest BCUT2D eigenvalue weighted by Crippen LogP contribution is 2.26. The van der Waals surface area contributed by atoms with Crippen LogP contribution >= 0.6 is 23.2 Å². The monoisotopic (exact) mass is 389 g/mol. The van der Waals surface area contributed by atoms with E-state index in [2.05, 4.69) is 15.2 Å². The minimum absolute atomic E-state index is 0.193. The summed E-state index contributed by atoms with van der Waals surface area (Å²) in [4.78, 5) is 18.8. The van der Waals surface area contributed by atoms with E-state index >= 15 is 0 Å². The Bertz CT molecular complexity index is 784. The van der Waals surface area contributed by atoms with Gasteiger partial charge < -0.3 is 10.2 Å². The predicted molar refractivity (Wildman–Crippen MR) is 108 cm³/mol. The maximum Gasteiger partial charge on any atom is 0.244 e. The minimum atomic E-state index is -0.193. The topological polar surface area (TPSA) is 45.2 Å². The van der Waals surface area contributed by atoms with E-state index in [0.717, 1.165) is 24.5 Å². The van der Waals surface area contributed by atoms with Gasteiger partial charge in [0.1, 0.15) is 5.82 Å². The molecule has 4 nitrogen and oxygen atoms in total. The summed E-state index contributed by atoms with van der Waals surface area (Å²) in [7, 11) is 0. The first-order valence-corrected chi connectivity index (χ1v) is 9.49. The van der Waals surface area contributed by atoms with E-state index in [4.69, 9.17) is 23.2 Å². The van der Waals surface area contributed by atoms with Crippen molar-refractivity contribution in [3.05, 3.63) is 63.8 Å². The fourth-order valence-corrected chi connectivity index (χ4v) is 3.26. The molecule has 1 aliphatic heterocycles. The Morgan fingerprint density at radius 2 is 1.96 bits per heavy atom. The Morgan fingerprint density at radius 3 is 2.69 bits per heavy atom. The van der Waals surface area contributed by atoms with Gasteiger partial charge in [-0.05, 0) is 48.6 Å². The molecule has 26 heavy (non-hydrogen) atoms. The normalized spacial score (nSPS) is 14.6. The molecular formula is C20H21Cl2N3O. The zero-order valence-electron chi connectivity index (χ0n) is 14.4. The number of nitrogens with one attached hydrogen (secondary N) is 1. The molecule has 1 aromatic heterocycles. The summed E-state index contributed by atoms with van der Waals surface area (Å²) < 4.78 is 0. The summed E-state index contributed by atoms with van der Waals surface area (Å²) >= 11 is 12.1. The number of aromatic nitrogens is 1. The van der Waals surface area contributed by atoms with Gasteiger partial charge in [0.2, 0.25) is 5.91 Å². The van der Waals surface area contributed by atoms with Crippen LogP contribution in [0.2, 0.25) is 10.0 Å². The van der Waals surface area contributed by atoms with Crippen LogP contribution in [0.3, 0.4) is 0 Å². The molecule has 0 aliphatic carbocycles. The number of carbonyl (C=O) groups is 1. The van der Waals surface area contributed by atoms with E-state index in [0.29, 0.717) is 22.2 Å². The number of carbonyl (C=O) groups excluding carboxylic acids is 1. The van der Waals surface area contributed by atoms with Gasteiger partial charge in [-0.25, -0.2) is 4.98 Å². The molecule has 1 aromatic carbocycles. The summed E-state index contributed by atoms with van der Waals surface area (Å²) in [5.74, 6) is 0.816. The van der Waals surface area contributed by atoms with Crippen LogP contribution in [0, 0.1) is 0 Å². The number of hydrogen-bond acceptors (Lipinski definition) is 3. The molecule has 136 valence electrons. The SMILES string of the molecule is O=C(C=Cc1cccc(Cl)c1Cl)NCc1ccc(N2CCCCC2)nc1. The van der Waals surface area contributed by atoms with Crippen molar-refractivity contribution in [2.24, 2.45) is 0 Å². The lowest BCUT2D eigenvalue weighted by atomic mass is 10.1. The van der Waals surface area contributed by atoms with Crippen molar-refractivity contribution >= 4 is 41.0 Å². The maximum atomic E-state index is 12.0. The van der Waals surface area contributed by atoms with Crippen LogP contribution < -0.4 is 10.2 Å². The molecule has 1 saturated heterocycles. The van der Waals surface area contributed by atoms with Crippen molar-refractivity contribution in [1.82, 2.24) is 10.3 Å². The molecule has 0 atom stereocenters. The highest BCUT2D eigenvalue weighted by atomic mass is 35.5. The molecule has 0 unspecified atom stereocenters. The smallest absolute Gasteiger partial charge is 0.244 e. The number of nitrogens with zero attached hydrogens (tertiary/aromatic N) is 2. The highest BCUT2D eigenvalue weighted by molar-refractivity contribution is 6.42. The van der Waals surface area contributed by atoms with Crippen LogP contribution in [0.1, 0.15) is 30.4 Å². The quantitative estimate of drug-likeness (QED) is 0.753. The molecule has 6 heteroatoms. The Labute approximate surface area is 163 Å². The molecule has 0 radical (unpaired) electrons. The Kier molecular flexibility index (Phi) is 6.53. The van der Waals surface area contributed by atoms with E-state index in [9.17, 15) is 4.79 Å². The molecule has 0 saturated carbocycles. The lowest BCUT2D eigenvalue weighted by Gasteiger charge is -2.27. The van der Waals surface area contributed by atoms with Crippen LogP contribution in [-0.2, 0) is 11.3 Å². The van der Waals surface area contributed by atoms with Crippen molar-refractivity contribution in [1.29, 1.82) is 0 Å². The number of pyridine rings is 1. The third-order valence-corrected chi connectivity index (χ3v) is 5.19. The van der Waals surface area contributed by atoms with Crippen molar-refractivity contribution in [2.75, 3.05) is 18.0 Å². The fraction of sp³-hybridized carbons (Fsp3) is 0.300. The molecule has 1 fully saturated rings. The Balaban J connectivity index is 1.52. The number of benzene rings is 1. The summed E-state index contributed by atoms with van der Waals surface area (Å²) in [5.41, 5.74) is 1.68. The van der Waals surface area contributed by atoms with Gasteiger partial charge >= 0.3 is 0 Å². The van der Waals surface area contributed by atoms with E-state index in [1.165, 1.54) is 25.3 Å². The molecule has 1 N–H and O–H groups in total. The largest absolute Gasteiger partial charge is 0.357 e.